The third kappa shape index (κ3) is 3.99. The van der Waals surface area contributed by atoms with Crippen molar-refractivity contribution in [2.45, 2.75) is 19.9 Å². The van der Waals surface area contributed by atoms with Crippen molar-refractivity contribution in [3.8, 4) is 17.2 Å². The molecule has 0 spiro atoms. The Bertz CT molecular complexity index is 1320. The zero-order chi connectivity index (χ0) is 25.3. The van der Waals surface area contributed by atoms with E-state index in [-0.39, 0.29) is 16.9 Å². The quantitative estimate of drug-likeness (QED) is 0.310. The van der Waals surface area contributed by atoms with E-state index < -0.39 is 17.7 Å². The zero-order valence-electron chi connectivity index (χ0n) is 20.3. The van der Waals surface area contributed by atoms with Crippen LogP contribution in [-0.4, -0.2) is 38.1 Å². The van der Waals surface area contributed by atoms with Crippen LogP contribution in [0.15, 0.2) is 66.2 Å². The average Bonchev–Trinajstić information content (AvgIpc) is 3.14. The smallest absolute Gasteiger partial charge is 0.300 e. The molecule has 3 aromatic carbocycles. The van der Waals surface area contributed by atoms with Crippen LogP contribution in [0.2, 0.25) is 0 Å². The Balaban J connectivity index is 2.06. The summed E-state index contributed by atoms with van der Waals surface area (Å²) in [6.07, 6.45) is 0. The average molecular weight is 474 g/mol. The van der Waals surface area contributed by atoms with E-state index in [0.717, 1.165) is 11.1 Å². The number of amides is 1. The van der Waals surface area contributed by atoms with E-state index in [2.05, 4.69) is 0 Å². The standard InChI is InChI=1S/C28H27NO6/c1-16-13-14-18(15-17(16)2)29-25(19-9-6-7-10-20(19)33-3)24(27(31)28(29)32)26(30)23-21(34-4)11-8-12-22(23)35-5/h6-15,25,30H,1-5H3/b26-24+. The molecule has 1 heterocycles. The molecule has 0 radical (unpaired) electrons. The van der Waals surface area contributed by atoms with Crippen LogP contribution in [0.4, 0.5) is 5.69 Å². The number of hydrogen-bond acceptors (Lipinski definition) is 6. The van der Waals surface area contributed by atoms with Gasteiger partial charge in [0.25, 0.3) is 11.7 Å². The Kier molecular flexibility index (Phi) is 6.51. The Morgan fingerprint density at radius 3 is 2.00 bits per heavy atom. The lowest BCUT2D eigenvalue weighted by Crippen LogP contribution is -2.29. The fourth-order valence-electron chi connectivity index (χ4n) is 4.38. The van der Waals surface area contributed by atoms with E-state index in [1.807, 2.05) is 26.0 Å². The molecule has 1 atom stereocenters. The molecule has 1 amide bonds. The highest BCUT2D eigenvalue weighted by Crippen LogP contribution is 2.47. The molecule has 0 aromatic heterocycles. The van der Waals surface area contributed by atoms with Gasteiger partial charge in [0.2, 0.25) is 0 Å². The number of aryl methyl sites for hydroxylation is 2. The lowest BCUT2D eigenvalue weighted by molar-refractivity contribution is -0.132. The van der Waals surface area contributed by atoms with Gasteiger partial charge in [-0.05, 0) is 55.3 Å². The number of benzene rings is 3. The van der Waals surface area contributed by atoms with E-state index in [1.165, 1.54) is 26.2 Å². The minimum atomic E-state index is -0.942. The highest BCUT2D eigenvalue weighted by Gasteiger charge is 2.48. The highest BCUT2D eigenvalue weighted by molar-refractivity contribution is 6.51. The van der Waals surface area contributed by atoms with Gasteiger partial charge in [-0.25, -0.2) is 0 Å². The van der Waals surface area contributed by atoms with Crippen LogP contribution in [0, 0.1) is 13.8 Å². The summed E-state index contributed by atoms with van der Waals surface area (Å²) in [7, 11) is 4.43. The maximum absolute atomic E-state index is 13.5. The van der Waals surface area contributed by atoms with E-state index in [4.69, 9.17) is 14.2 Å². The number of ether oxygens (including phenoxy) is 3. The van der Waals surface area contributed by atoms with Gasteiger partial charge < -0.3 is 19.3 Å². The van der Waals surface area contributed by atoms with Crippen LogP contribution >= 0.6 is 0 Å². The second-order valence-electron chi connectivity index (χ2n) is 8.22. The maximum atomic E-state index is 13.5. The number of Topliss-reactive ketones (excluding diaryl/α,β-unsaturated/α-hetero) is 1. The van der Waals surface area contributed by atoms with Gasteiger partial charge in [-0.3, -0.25) is 14.5 Å². The number of para-hydroxylation sites is 1. The third-order valence-corrected chi connectivity index (χ3v) is 6.31. The van der Waals surface area contributed by atoms with Gasteiger partial charge in [-0.15, -0.1) is 0 Å². The minimum absolute atomic E-state index is 0.0828. The number of carbonyl (C=O) groups excluding carboxylic acids is 2. The lowest BCUT2D eigenvalue weighted by atomic mass is 9.93. The number of carbonyl (C=O) groups is 2. The molecule has 7 nitrogen and oxygen atoms in total. The largest absolute Gasteiger partial charge is 0.506 e. The highest BCUT2D eigenvalue weighted by atomic mass is 16.5. The third-order valence-electron chi connectivity index (χ3n) is 6.31. The number of rotatable bonds is 6. The molecule has 1 aliphatic rings. The number of hydrogen-bond donors (Lipinski definition) is 1. The van der Waals surface area contributed by atoms with Crippen molar-refractivity contribution in [2.75, 3.05) is 26.2 Å². The van der Waals surface area contributed by atoms with Crippen molar-refractivity contribution in [1.29, 1.82) is 0 Å². The summed E-state index contributed by atoms with van der Waals surface area (Å²) >= 11 is 0. The Morgan fingerprint density at radius 2 is 1.40 bits per heavy atom. The number of methoxy groups -OCH3 is 3. The first-order valence-corrected chi connectivity index (χ1v) is 11.1. The van der Waals surface area contributed by atoms with Crippen molar-refractivity contribution in [2.24, 2.45) is 0 Å². The molecular formula is C28H27NO6. The summed E-state index contributed by atoms with van der Waals surface area (Å²) in [4.78, 5) is 28.4. The first kappa shape index (κ1) is 23.9. The molecule has 1 fully saturated rings. The van der Waals surface area contributed by atoms with Crippen LogP contribution in [0.3, 0.4) is 0 Å². The van der Waals surface area contributed by atoms with Gasteiger partial charge in [-0.2, -0.15) is 0 Å². The second-order valence-corrected chi connectivity index (χ2v) is 8.22. The van der Waals surface area contributed by atoms with E-state index in [0.29, 0.717) is 28.5 Å². The number of ketones is 1. The minimum Gasteiger partial charge on any atom is -0.506 e. The van der Waals surface area contributed by atoms with Crippen LogP contribution < -0.4 is 19.1 Å². The van der Waals surface area contributed by atoms with Crippen LogP contribution in [0.25, 0.3) is 5.76 Å². The summed E-state index contributed by atoms with van der Waals surface area (Å²) in [6.45, 7) is 3.91. The molecule has 180 valence electrons. The maximum Gasteiger partial charge on any atom is 0.300 e. The molecule has 1 aliphatic heterocycles. The summed E-state index contributed by atoms with van der Waals surface area (Å²) in [6, 6.07) is 16.7. The zero-order valence-corrected chi connectivity index (χ0v) is 20.3. The Labute approximate surface area is 204 Å². The van der Waals surface area contributed by atoms with Gasteiger partial charge in [0.1, 0.15) is 28.6 Å². The normalized spacial score (nSPS) is 16.9. The number of aliphatic hydroxyl groups excluding tert-OH is 1. The van der Waals surface area contributed by atoms with Gasteiger partial charge in [0.05, 0.1) is 32.9 Å². The number of nitrogens with zero attached hydrogens (tertiary/aromatic N) is 1. The fraction of sp³-hybridized carbons (Fsp3) is 0.214. The van der Waals surface area contributed by atoms with E-state index >= 15 is 0 Å². The molecule has 0 saturated carbocycles. The molecular weight excluding hydrogens is 446 g/mol. The Morgan fingerprint density at radius 1 is 0.800 bits per heavy atom. The molecule has 0 bridgehead atoms. The van der Waals surface area contributed by atoms with Crippen molar-refractivity contribution >= 4 is 23.1 Å². The Hall–Kier alpha value is -4.26. The fourth-order valence-corrected chi connectivity index (χ4v) is 4.38. The molecule has 0 aliphatic carbocycles. The molecule has 1 unspecified atom stereocenters. The SMILES string of the molecule is COc1ccccc1C1/C(=C(\O)c2c(OC)cccc2OC)C(=O)C(=O)N1c1ccc(C)c(C)c1. The van der Waals surface area contributed by atoms with Crippen molar-refractivity contribution < 1.29 is 28.9 Å². The lowest BCUT2D eigenvalue weighted by Gasteiger charge is -2.27. The summed E-state index contributed by atoms with van der Waals surface area (Å²) < 4.78 is 16.5. The van der Waals surface area contributed by atoms with Gasteiger partial charge in [-0.1, -0.05) is 30.3 Å². The summed E-state index contributed by atoms with van der Waals surface area (Å²) in [5.41, 5.74) is 3.23. The second kappa shape index (κ2) is 9.54. The van der Waals surface area contributed by atoms with Crippen molar-refractivity contribution in [3.05, 3.63) is 88.5 Å². The van der Waals surface area contributed by atoms with E-state index in [1.54, 1.807) is 48.5 Å². The number of anilines is 1. The van der Waals surface area contributed by atoms with Gasteiger partial charge in [0.15, 0.2) is 0 Å². The van der Waals surface area contributed by atoms with Crippen molar-refractivity contribution in [1.82, 2.24) is 0 Å². The topological polar surface area (TPSA) is 85.3 Å². The molecule has 3 aromatic rings. The van der Waals surface area contributed by atoms with E-state index in [9.17, 15) is 14.7 Å². The molecule has 4 rings (SSSR count). The monoisotopic (exact) mass is 473 g/mol. The predicted molar refractivity (Wildman–Crippen MR) is 133 cm³/mol. The van der Waals surface area contributed by atoms with Gasteiger partial charge in [0, 0.05) is 11.3 Å². The van der Waals surface area contributed by atoms with Crippen LogP contribution in [-0.2, 0) is 9.59 Å². The molecule has 7 heteroatoms. The van der Waals surface area contributed by atoms with Crippen molar-refractivity contribution in [3.63, 3.8) is 0 Å². The first-order valence-electron chi connectivity index (χ1n) is 11.1. The summed E-state index contributed by atoms with van der Waals surface area (Å²) in [5.74, 6) is -0.869. The van der Waals surface area contributed by atoms with Crippen LogP contribution in [0.1, 0.15) is 28.3 Å². The molecule has 1 N–H and O–H groups in total. The molecule has 35 heavy (non-hydrogen) atoms. The number of aliphatic hydroxyl groups is 1. The van der Waals surface area contributed by atoms with Gasteiger partial charge >= 0.3 is 0 Å². The predicted octanol–water partition coefficient (Wildman–Crippen LogP) is 4.96. The van der Waals surface area contributed by atoms with Crippen LogP contribution in [0.5, 0.6) is 17.2 Å². The first-order chi connectivity index (χ1) is 16.8. The summed E-state index contributed by atoms with van der Waals surface area (Å²) in [5, 5.41) is 11.6. The molecule has 1 saturated heterocycles.